The van der Waals surface area contributed by atoms with E-state index in [9.17, 15) is 4.79 Å². The monoisotopic (exact) mass is 267 g/mol. The van der Waals surface area contributed by atoms with Crippen molar-refractivity contribution in [1.29, 1.82) is 0 Å². The van der Waals surface area contributed by atoms with Gasteiger partial charge in [0.15, 0.2) is 0 Å². The molecule has 15 heavy (non-hydrogen) atoms. The van der Waals surface area contributed by atoms with E-state index in [0.29, 0.717) is 10.0 Å². The van der Waals surface area contributed by atoms with Gasteiger partial charge in [0.1, 0.15) is 6.26 Å². The number of halogens is 1. The van der Waals surface area contributed by atoms with Crippen molar-refractivity contribution < 1.29 is 14.1 Å². The van der Waals surface area contributed by atoms with Gasteiger partial charge in [-0.15, -0.1) is 0 Å². The fourth-order valence-corrected chi connectivity index (χ4v) is 1.48. The number of aromatic nitrogens is 1. The van der Waals surface area contributed by atoms with Crippen molar-refractivity contribution in [2.45, 2.75) is 0 Å². The van der Waals surface area contributed by atoms with Crippen molar-refractivity contribution in [2.75, 3.05) is 0 Å². The van der Waals surface area contributed by atoms with Crippen LogP contribution >= 0.6 is 15.9 Å². The number of hydrogen-bond acceptors (Lipinski definition) is 4. The fraction of sp³-hybridized carbons (Fsp3) is 0. The van der Waals surface area contributed by atoms with E-state index in [4.69, 9.17) is 4.74 Å². The number of carbonyl (C=O) groups is 1. The second kappa shape index (κ2) is 4.27. The van der Waals surface area contributed by atoms with Crippen LogP contribution in [0.15, 0.2) is 45.6 Å². The molecule has 0 amide bonds. The molecule has 0 spiro atoms. The number of carbonyl (C=O) groups excluding carboxylic acids is 1. The maximum absolute atomic E-state index is 11.6. The zero-order chi connectivity index (χ0) is 10.7. The Balaban J connectivity index is 2.19. The lowest BCUT2D eigenvalue weighted by atomic mass is 10.2. The lowest BCUT2D eigenvalue weighted by Gasteiger charge is -2.01. The minimum atomic E-state index is -0.476. The first-order valence-electron chi connectivity index (χ1n) is 4.14. The molecule has 0 atom stereocenters. The molecule has 0 bridgehead atoms. The van der Waals surface area contributed by atoms with Gasteiger partial charge in [-0.05, 0) is 33.2 Å². The number of rotatable bonds is 2. The Hall–Kier alpha value is -1.62. The van der Waals surface area contributed by atoms with Gasteiger partial charge in [0, 0.05) is 10.5 Å². The normalized spacial score (nSPS) is 9.93. The van der Waals surface area contributed by atoms with Crippen LogP contribution in [0.2, 0.25) is 0 Å². The summed E-state index contributed by atoms with van der Waals surface area (Å²) in [7, 11) is 0. The molecule has 1 aromatic heterocycles. The van der Waals surface area contributed by atoms with Crippen LogP contribution in [0.25, 0.3) is 0 Å². The molecule has 4 nitrogen and oxygen atoms in total. The molecule has 0 aliphatic carbocycles. The van der Waals surface area contributed by atoms with Crippen molar-refractivity contribution in [2.24, 2.45) is 0 Å². The molecule has 0 unspecified atom stereocenters. The van der Waals surface area contributed by atoms with Crippen LogP contribution in [0.1, 0.15) is 10.4 Å². The molecule has 0 radical (unpaired) electrons. The molecular weight excluding hydrogens is 262 g/mol. The van der Waals surface area contributed by atoms with Gasteiger partial charge in [0.2, 0.25) is 0 Å². The van der Waals surface area contributed by atoms with Crippen LogP contribution in [0.3, 0.4) is 0 Å². The van der Waals surface area contributed by atoms with Gasteiger partial charge in [-0.2, -0.15) is 0 Å². The Kier molecular flexibility index (Phi) is 2.82. The number of ether oxygens (including phenoxy) is 1. The summed E-state index contributed by atoms with van der Waals surface area (Å²) in [5.74, 6) is -0.327. The van der Waals surface area contributed by atoms with Crippen molar-refractivity contribution in [3.8, 4) is 5.88 Å². The molecule has 76 valence electrons. The maximum atomic E-state index is 11.6. The van der Waals surface area contributed by atoms with E-state index < -0.39 is 5.97 Å². The average molecular weight is 268 g/mol. The topological polar surface area (TPSA) is 52.3 Å². The highest BCUT2D eigenvalue weighted by atomic mass is 79.9. The first kappa shape index (κ1) is 9.92. The van der Waals surface area contributed by atoms with Gasteiger partial charge >= 0.3 is 5.97 Å². The van der Waals surface area contributed by atoms with Crippen molar-refractivity contribution in [3.63, 3.8) is 0 Å². The summed E-state index contributed by atoms with van der Waals surface area (Å²) in [5, 5.41) is 3.48. The van der Waals surface area contributed by atoms with Crippen molar-refractivity contribution in [1.82, 2.24) is 5.16 Å². The quantitative estimate of drug-likeness (QED) is 0.785. The van der Waals surface area contributed by atoms with E-state index in [0.717, 1.165) is 0 Å². The highest BCUT2D eigenvalue weighted by molar-refractivity contribution is 9.10. The van der Waals surface area contributed by atoms with E-state index in [1.54, 1.807) is 18.2 Å². The third kappa shape index (κ3) is 2.24. The second-order valence-corrected chi connectivity index (χ2v) is 3.56. The highest BCUT2D eigenvalue weighted by Crippen LogP contribution is 2.17. The Bertz CT molecular complexity index is 467. The Morgan fingerprint density at radius 3 is 2.80 bits per heavy atom. The van der Waals surface area contributed by atoms with Gasteiger partial charge in [-0.1, -0.05) is 12.1 Å². The Morgan fingerprint density at radius 1 is 1.33 bits per heavy atom. The lowest BCUT2D eigenvalue weighted by Crippen LogP contribution is -2.09. The molecular formula is C10H6BrNO3. The van der Waals surface area contributed by atoms with E-state index in [2.05, 4.69) is 25.6 Å². The zero-order valence-electron chi connectivity index (χ0n) is 7.51. The molecule has 0 saturated carbocycles. The lowest BCUT2D eigenvalue weighted by molar-refractivity contribution is 0.0720. The minimum Gasteiger partial charge on any atom is -0.400 e. The van der Waals surface area contributed by atoms with Crippen LogP contribution in [0.5, 0.6) is 5.88 Å². The third-order valence-corrected chi connectivity index (χ3v) is 2.40. The van der Waals surface area contributed by atoms with Gasteiger partial charge in [-0.25, -0.2) is 4.79 Å². The largest absolute Gasteiger partial charge is 0.400 e. The summed E-state index contributed by atoms with van der Waals surface area (Å²) >= 11 is 3.26. The van der Waals surface area contributed by atoms with Gasteiger partial charge in [0.25, 0.3) is 5.88 Å². The molecule has 0 fully saturated rings. The molecule has 2 rings (SSSR count). The minimum absolute atomic E-state index is 0.149. The zero-order valence-corrected chi connectivity index (χ0v) is 9.10. The third-order valence-electron chi connectivity index (χ3n) is 1.71. The smallest absolute Gasteiger partial charge is 0.346 e. The summed E-state index contributed by atoms with van der Waals surface area (Å²) in [6.07, 6.45) is 1.34. The molecule has 0 aliphatic rings. The van der Waals surface area contributed by atoms with E-state index in [1.165, 1.54) is 12.3 Å². The highest BCUT2D eigenvalue weighted by Gasteiger charge is 2.12. The first-order valence-corrected chi connectivity index (χ1v) is 4.94. The number of benzene rings is 1. The standard InChI is InChI=1S/C10H6BrNO3/c11-8-4-2-1-3-7(8)10(13)15-9-5-6-14-12-9/h1-6H. The fourth-order valence-electron chi connectivity index (χ4n) is 1.03. The first-order chi connectivity index (χ1) is 7.27. The Labute approximate surface area is 94.0 Å². The van der Waals surface area contributed by atoms with Crippen LogP contribution in [-0.4, -0.2) is 11.1 Å². The van der Waals surface area contributed by atoms with Crippen LogP contribution in [0, 0.1) is 0 Å². The molecule has 2 aromatic rings. The van der Waals surface area contributed by atoms with Gasteiger partial charge in [0.05, 0.1) is 5.56 Å². The van der Waals surface area contributed by atoms with E-state index in [1.807, 2.05) is 6.07 Å². The predicted molar refractivity (Wildman–Crippen MR) is 55.6 cm³/mol. The van der Waals surface area contributed by atoms with Crippen molar-refractivity contribution in [3.05, 3.63) is 46.6 Å². The summed E-state index contributed by atoms with van der Waals surface area (Å²) in [6, 6.07) is 8.46. The summed E-state index contributed by atoms with van der Waals surface area (Å²) < 4.78 is 10.2. The Morgan fingerprint density at radius 2 is 2.13 bits per heavy atom. The van der Waals surface area contributed by atoms with Crippen LogP contribution < -0.4 is 4.74 Å². The van der Waals surface area contributed by atoms with Gasteiger partial charge < -0.3 is 9.26 Å². The SMILES string of the molecule is O=C(Oc1ccon1)c1ccccc1Br. The van der Waals surface area contributed by atoms with Crippen LogP contribution in [0.4, 0.5) is 0 Å². The average Bonchev–Trinajstić information content (AvgIpc) is 2.71. The molecule has 5 heteroatoms. The second-order valence-electron chi connectivity index (χ2n) is 2.71. The molecule has 0 saturated heterocycles. The van der Waals surface area contributed by atoms with Crippen LogP contribution in [-0.2, 0) is 0 Å². The van der Waals surface area contributed by atoms with E-state index >= 15 is 0 Å². The van der Waals surface area contributed by atoms with Crippen molar-refractivity contribution >= 4 is 21.9 Å². The molecule has 1 aromatic carbocycles. The molecule has 0 N–H and O–H groups in total. The molecule has 1 heterocycles. The summed E-state index contributed by atoms with van der Waals surface area (Å²) in [5.41, 5.74) is 0.445. The van der Waals surface area contributed by atoms with E-state index in [-0.39, 0.29) is 5.88 Å². The number of esters is 1. The maximum Gasteiger partial charge on any atom is 0.346 e. The van der Waals surface area contributed by atoms with Gasteiger partial charge in [-0.3, -0.25) is 0 Å². The number of hydrogen-bond donors (Lipinski definition) is 0. The summed E-state index contributed by atoms with van der Waals surface area (Å²) in [4.78, 5) is 11.6. The molecule has 0 aliphatic heterocycles. The number of nitrogens with zero attached hydrogens (tertiary/aromatic N) is 1. The summed E-state index contributed by atoms with van der Waals surface area (Å²) in [6.45, 7) is 0. The predicted octanol–water partition coefficient (Wildman–Crippen LogP) is 2.66.